The summed E-state index contributed by atoms with van der Waals surface area (Å²) in [6, 6.07) is 8.01. The molecule has 106 valence electrons. The standard InChI is InChI=1S/C16H16ClFO2/c1-9-7-12(17)8-10(2)15(9)20-16-13(11(3)19)5-4-6-14(16)18/h4-8,11,19H,1-3H3/t11-/m1/s1. The van der Waals surface area contributed by atoms with Crippen molar-refractivity contribution < 1.29 is 14.2 Å². The molecule has 2 aromatic carbocycles. The maximum atomic E-state index is 14.0. The highest BCUT2D eigenvalue weighted by atomic mass is 35.5. The van der Waals surface area contributed by atoms with Crippen LogP contribution in [-0.4, -0.2) is 5.11 Å². The largest absolute Gasteiger partial charge is 0.453 e. The van der Waals surface area contributed by atoms with Gasteiger partial charge in [0.2, 0.25) is 0 Å². The number of hydrogen-bond acceptors (Lipinski definition) is 2. The topological polar surface area (TPSA) is 29.5 Å². The Morgan fingerprint density at radius 3 is 2.30 bits per heavy atom. The van der Waals surface area contributed by atoms with Gasteiger partial charge in [0.25, 0.3) is 0 Å². The molecule has 0 aliphatic heterocycles. The van der Waals surface area contributed by atoms with Crippen LogP contribution in [0.5, 0.6) is 11.5 Å². The average molecular weight is 295 g/mol. The van der Waals surface area contributed by atoms with Crippen molar-refractivity contribution >= 4 is 11.6 Å². The highest BCUT2D eigenvalue weighted by Gasteiger charge is 2.17. The van der Waals surface area contributed by atoms with Gasteiger partial charge in [-0.1, -0.05) is 23.7 Å². The van der Waals surface area contributed by atoms with E-state index >= 15 is 0 Å². The first-order chi connectivity index (χ1) is 9.40. The van der Waals surface area contributed by atoms with Crippen LogP contribution >= 0.6 is 11.6 Å². The molecule has 0 saturated carbocycles. The van der Waals surface area contributed by atoms with Crippen molar-refractivity contribution in [3.8, 4) is 11.5 Å². The minimum atomic E-state index is -0.811. The number of aliphatic hydroxyl groups is 1. The van der Waals surface area contributed by atoms with E-state index in [1.807, 2.05) is 13.8 Å². The zero-order valence-electron chi connectivity index (χ0n) is 11.6. The molecule has 0 unspecified atom stereocenters. The van der Waals surface area contributed by atoms with E-state index in [4.69, 9.17) is 16.3 Å². The van der Waals surface area contributed by atoms with Gasteiger partial charge in [0, 0.05) is 10.6 Å². The summed E-state index contributed by atoms with van der Waals surface area (Å²) < 4.78 is 19.7. The van der Waals surface area contributed by atoms with Gasteiger partial charge in [0.05, 0.1) is 6.10 Å². The van der Waals surface area contributed by atoms with E-state index in [9.17, 15) is 9.50 Å². The van der Waals surface area contributed by atoms with E-state index < -0.39 is 11.9 Å². The normalized spacial score (nSPS) is 12.3. The third kappa shape index (κ3) is 2.94. The number of halogens is 2. The number of rotatable bonds is 3. The summed E-state index contributed by atoms with van der Waals surface area (Å²) in [5, 5.41) is 10.3. The second kappa shape index (κ2) is 5.81. The molecule has 0 fully saturated rings. The van der Waals surface area contributed by atoms with Crippen LogP contribution in [0.4, 0.5) is 4.39 Å². The summed E-state index contributed by atoms with van der Waals surface area (Å²) in [5.74, 6) is 0.106. The first-order valence-electron chi connectivity index (χ1n) is 6.31. The van der Waals surface area contributed by atoms with Crippen molar-refractivity contribution in [2.24, 2.45) is 0 Å². The molecule has 2 aromatic rings. The summed E-state index contributed by atoms with van der Waals surface area (Å²) in [6.45, 7) is 5.26. The maximum Gasteiger partial charge on any atom is 0.168 e. The lowest BCUT2D eigenvalue weighted by Crippen LogP contribution is -2.00. The lowest BCUT2D eigenvalue weighted by molar-refractivity contribution is 0.194. The summed E-state index contributed by atoms with van der Waals surface area (Å²) in [6.07, 6.45) is -0.811. The molecular formula is C16H16ClFO2. The molecule has 2 rings (SSSR count). The van der Waals surface area contributed by atoms with Crippen LogP contribution in [0.25, 0.3) is 0 Å². The quantitative estimate of drug-likeness (QED) is 0.868. The van der Waals surface area contributed by atoms with Gasteiger partial charge in [0.15, 0.2) is 11.6 Å². The van der Waals surface area contributed by atoms with Crippen LogP contribution in [-0.2, 0) is 0 Å². The number of benzene rings is 2. The number of aliphatic hydroxyl groups excluding tert-OH is 1. The van der Waals surface area contributed by atoms with E-state index in [0.717, 1.165) is 11.1 Å². The summed E-state index contributed by atoms with van der Waals surface area (Å²) >= 11 is 5.97. The smallest absolute Gasteiger partial charge is 0.168 e. The first-order valence-corrected chi connectivity index (χ1v) is 6.69. The maximum absolute atomic E-state index is 14.0. The average Bonchev–Trinajstić information content (AvgIpc) is 2.34. The Morgan fingerprint density at radius 2 is 1.75 bits per heavy atom. The van der Waals surface area contributed by atoms with Crippen molar-refractivity contribution in [2.75, 3.05) is 0 Å². The summed E-state index contributed by atoms with van der Waals surface area (Å²) in [4.78, 5) is 0. The molecule has 4 heteroatoms. The highest BCUT2D eigenvalue weighted by Crippen LogP contribution is 2.36. The van der Waals surface area contributed by atoms with Crippen LogP contribution in [0.3, 0.4) is 0 Å². The second-order valence-corrected chi connectivity index (χ2v) is 5.24. The predicted molar refractivity (Wildman–Crippen MR) is 78.0 cm³/mol. The Bertz CT molecular complexity index is 615. The fraction of sp³-hybridized carbons (Fsp3) is 0.250. The van der Waals surface area contributed by atoms with Crippen LogP contribution < -0.4 is 4.74 Å². The van der Waals surface area contributed by atoms with Gasteiger partial charge >= 0.3 is 0 Å². The minimum absolute atomic E-state index is 0.0519. The van der Waals surface area contributed by atoms with E-state index in [-0.39, 0.29) is 5.75 Å². The number of aryl methyl sites for hydroxylation is 2. The SMILES string of the molecule is Cc1cc(Cl)cc(C)c1Oc1c(F)cccc1[C@@H](C)O. The molecule has 0 bridgehead atoms. The van der Waals surface area contributed by atoms with E-state index in [2.05, 4.69) is 0 Å². The molecule has 20 heavy (non-hydrogen) atoms. The van der Waals surface area contributed by atoms with Gasteiger partial charge in [-0.2, -0.15) is 0 Å². The van der Waals surface area contributed by atoms with Crippen LogP contribution in [0.15, 0.2) is 30.3 Å². The number of ether oxygens (including phenoxy) is 1. The molecule has 0 aliphatic carbocycles. The van der Waals surface area contributed by atoms with Crippen molar-refractivity contribution in [3.63, 3.8) is 0 Å². The Kier molecular flexibility index (Phi) is 4.31. The van der Waals surface area contributed by atoms with E-state index in [1.54, 1.807) is 31.2 Å². The predicted octanol–water partition coefficient (Wildman–Crippen LogP) is 4.94. The van der Waals surface area contributed by atoms with Gasteiger partial charge < -0.3 is 9.84 Å². The molecular weight excluding hydrogens is 279 g/mol. The van der Waals surface area contributed by atoms with Crippen molar-refractivity contribution in [3.05, 3.63) is 57.9 Å². The van der Waals surface area contributed by atoms with E-state index in [1.165, 1.54) is 6.07 Å². The Labute approximate surface area is 122 Å². The van der Waals surface area contributed by atoms with Crippen molar-refractivity contribution in [1.82, 2.24) is 0 Å². The van der Waals surface area contributed by atoms with Crippen LogP contribution in [0.2, 0.25) is 5.02 Å². The van der Waals surface area contributed by atoms with Crippen molar-refractivity contribution in [1.29, 1.82) is 0 Å². The lowest BCUT2D eigenvalue weighted by atomic mass is 10.1. The van der Waals surface area contributed by atoms with Gasteiger partial charge in [-0.05, 0) is 50.1 Å². The highest BCUT2D eigenvalue weighted by molar-refractivity contribution is 6.30. The molecule has 0 heterocycles. The van der Waals surface area contributed by atoms with E-state index in [0.29, 0.717) is 16.3 Å². The molecule has 0 spiro atoms. The summed E-state index contributed by atoms with van der Waals surface area (Å²) in [7, 11) is 0. The molecule has 1 N–H and O–H groups in total. The molecule has 0 radical (unpaired) electrons. The van der Waals surface area contributed by atoms with Crippen LogP contribution in [0.1, 0.15) is 29.7 Å². The fourth-order valence-electron chi connectivity index (χ4n) is 2.12. The zero-order valence-corrected chi connectivity index (χ0v) is 12.3. The van der Waals surface area contributed by atoms with Gasteiger partial charge in [-0.3, -0.25) is 0 Å². The van der Waals surface area contributed by atoms with Gasteiger partial charge in [-0.15, -0.1) is 0 Å². The van der Waals surface area contributed by atoms with Crippen LogP contribution in [0, 0.1) is 19.7 Å². The zero-order chi connectivity index (χ0) is 14.9. The third-order valence-corrected chi connectivity index (χ3v) is 3.29. The Hall–Kier alpha value is -1.58. The molecule has 0 aromatic heterocycles. The monoisotopic (exact) mass is 294 g/mol. The molecule has 0 aliphatic rings. The molecule has 2 nitrogen and oxygen atoms in total. The molecule has 1 atom stereocenters. The minimum Gasteiger partial charge on any atom is -0.453 e. The lowest BCUT2D eigenvalue weighted by Gasteiger charge is -2.17. The first kappa shape index (κ1) is 14.8. The Balaban J connectivity index is 2.51. The molecule has 0 saturated heterocycles. The number of hydrogen-bond donors (Lipinski definition) is 1. The van der Waals surface area contributed by atoms with Gasteiger partial charge in [-0.25, -0.2) is 4.39 Å². The third-order valence-electron chi connectivity index (χ3n) is 3.08. The van der Waals surface area contributed by atoms with Crippen molar-refractivity contribution in [2.45, 2.75) is 26.9 Å². The summed E-state index contributed by atoms with van der Waals surface area (Å²) in [5.41, 5.74) is 2.04. The Morgan fingerprint density at radius 1 is 1.15 bits per heavy atom. The number of para-hydroxylation sites is 1. The second-order valence-electron chi connectivity index (χ2n) is 4.80. The van der Waals surface area contributed by atoms with Gasteiger partial charge in [0.1, 0.15) is 5.75 Å². The molecule has 0 amide bonds. The fourth-order valence-corrected chi connectivity index (χ4v) is 2.45.